The Morgan fingerprint density at radius 1 is 1.29 bits per heavy atom. The maximum Gasteiger partial charge on any atom is 0.309 e. The van der Waals surface area contributed by atoms with Gasteiger partial charge in [-0.1, -0.05) is 36.4 Å². The van der Waals surface area contributed by atoms with E-state index in [0.29, 0.717) is 12.5 Å². The van der Waals surface area contributed by atoms with E-state index in [-0.39, 0.29) is 17.6 Å². The van der Waals surface area contributed by atoms with Crippen LogP contribution in [-0.4, -0.2) is 24.7 Å². The highest BCUT2D eigenvalue weighted by Crippen LogP contribution is 2.44. The van der Waals surface area contributed by atoms with Gasteiger partial charge in [0.25, 0.3) is 0 Å². The molecule has 1 heterocycles. The van der Waals surface area contributed by atoms with Gasteiger partial charge in [0, 0.05) is 17.2 Å². The van der Waals surface area contributed by atoms with E-state index >= 15 is 0 Å². The maximum absolute atomic E-state index is 11.6. The number of halogens is 1. The maximum atomic E-state index is 11.6. The lowest BCUT2D eigenvalue weighted by atomic mass is 9.98. The van der Waals surface area contributed by atoms with Crippen molar-refractivity contribution < 1.29 is 14.3 Å². The summed E-state index contributed by atoms with van der Waals surface area (Å²) < 4.78 is 10.8. The summed E-state index contributed by atoms with van der Waals surface area (Å²) in [7, 11) is 1.41. The Kier molecular flexibility index (Phi) is 5.69. The highest BCUT2D eigenvalue weighted by atomic mass is 35.5. The summed E-state index contributed by atoms with van der Waals surface area (Å²) in [6, 6.07) is 14.3. The number of carbonyl (C=O) groups excluding carboxylic acids is 1. The zero-order valence-corrected chi connectivity index (χ0v) is 15.0. The van der Waals surface area contributed by atoms with Crippen LogP contribution in [0.3, 0.4) is 0 Å². The lowest BCUT2D eigenvalue weighted by Crippen LogP contribution is -2.06. The van der Waals surface area contributed by atoms with Crippen LogP contribution >= 0.6 is 23.4 Å². The average molecular weight is 363 g/mol. The van der Waals surface area contributed by atoms with Gasteiger partial charge in [0.05, 0.1) is 18.8 Å². The fourth-order valence-corrected chi connectivity index (χ4v) is 4.23. The van der Waals surface area contributed by atoms with Crippen molar-refractivity contribution in [3.8, 4) is 5.75 Å². The fraction of sp³-hybridized carbons (Fsp3) is 0.316. The summed E-state index contributed by atoms with van der Waals surface area (Å²) >= 11 is 7.72. The Labute approximate surface area is 151 Å². The Hall–Kier alpha value is -1.65. The molecule has 1 aliphatic heterocycles. The third kappa shape index (κ3) is 3.70. The van der Waals surface area contributed by atoms with Crippen molar-refractivity contribution in [2.45, 2.75) is 18.3 Å². The largest absolute Gasteiger partial charge is 0.489 e. The van der Waals surface area contributed by atoms with Gasteiger partial charge in [-0.05, 0) is 22.8 Å². The molecule has 0 spiro atoms. The quantitative estimate of drug-likeness (QED) is 0.585. The summed E-state index contributed by atoms with van der Waals surface area (Å²) in [6.07, 6.45) is 0.262. The van der Waals surface area contributed by atoms with Crippen LogP contribution in [0.4, 0.5) is 0 Å². The lowest BCUT2D eigenvalue weighted by Gasteiger charge is -2.19. The molecule has 0 saturated carbocycles. The van der Waals surface area contributed by atoms with Crippen LogP contribution in [0.15, 0.2) is 42.5 Å². The van der Waals surface area contributed by atoms with Gasteiger partial charge in [-0.3, -0.25) is 4.79 Å². The molecule has 0 aromatic heterocycles. The Morgan fingerprint density at radius 3 is 2.92 bits per heavy atom. The molecule has 0 saturated heterocycles. The number of hydrogen-bond donors (Lipinski definition) is 0. The van der Waals surface area contributed by atoms with Crippen molar-refractivity contribution in [2.24, 2.45) is 0 Å². The van der Waals surface area contributed by atoms with Gasteiger partial charge in [0.15, 0.2) is 0 Å². The molecule has 24 heavy (non-hydrogen) atoms. The van der Waals surface area contributed by atoms with E-state index in [2.05, 4.69) is 24.3 Å². The molecule has 0 N–H and O–H groups in total. The Bertz CT molecular complexity index is 732. The molecule has 1 unspecified atom stereocenters. The summed E-state index contributed by atoms with van der Waals surface area (Å²) in [6.45, 7) is 0.553. The zero-order chi connectivity index (χ0) is 16.9. The standard InChI is InChI=1S/C19H19ClO3S/c1-22-18(21)11-13-6-7-17-16(10-13)19(24-9-8-20)15-5-3-2-4-14(15)12-23-17/h2-7,10,19H,8-9,11-12H2,1H3. The SMILES string of the molecule is COC(=O)Cc1ccc2c(c1)C(SCCCl)c1ccccc1CO2. The number of thioether (sulfide) groups is 1. The first kappa shape index (κ1) is 17.2. The molecule has 126 valence electrons. The van der Waals surface area contributed by atoms with Gasteiger partial charge in [-0.2, -0.15) is 0 Å². The van der Waals surface area contributed by atoms with Crippen molar-refractivity contribution in [3.63, 3.8) is 0 Å². The van der Waals surface area contributed by atoms with Crippen LogP contribution in [0, 0.1) is 0 Å². The molecular formula is C19H19ClO3S. The summed E-state index contributed by atoms with van der Waals surface area (Å²) in [4.78, 5) is 11.6. The Balaban J connectivity index is 2.02. The van der Waals surface area contributed by atoms with E-state index in [1.54, 1.807) is 11.8 Å². The van der Waals surface area contributed by atoms with Crippen molar-refractivity contribution in [3.05, 3.63) is 64.7 Å². The monoisotopic (exact) mass is 362 g/mol. The van der Waals surface area contributed by atoms with Gasteiger partial charge in [-0.15, -0.1) is 23.4 Å². The van der Waals surface area contributed by atoms with E-state index in [1.165, 1.54) is 18.2 Å². The van der Waals surface area contributed by atoms with Gasteiger partial charge in [0.1, 0.15) is 12.4 Å². The van der Waals surface area contributed by atoms with Gasteiger partial charge in [-0.25, -0.2) is 0 Å². The molecule has 3 rings (SSSR count). The van der Waals surface area contributed by atoms with Crippen molar-refractivity contribution >= 4 is 29.3 Å². The van der Waals surface area contributed by atoms with Crippen molar-refractivity contribution in [2.75, 3.05) is 18.7 Å². The first-order chi connectivity index (χ1) is 11.7. The van der Waals surface area contributed by atoms with Gasteiger partial charge < -0.3 is 9.47 Å². The third-order valence-electron chi connectivity index (χ3n) is 4.02. The number of esters is 1. The van der Waals surface area contributed by atoms with Gasteiger partial charge in [0.2, 0.25) is 0 Å². The average Bonchev–Trinajstić information content (AvgIpc) is 2.76. The topological polar surface area (TPSA) is 35.5 Å². The molecule has 3 nitrogen and oxygen atoms in total. The van der Waals surface area contributed by atoms with Crippen LogP contribution in [0.1, 0.15) is 27.5 Å². The normalized spacial score (nSPS) is 15.7. The molecule has 0 fully saturated rings. The number of rotatable bonds is 5. The fourth-order valence-electron chi connectivity index (χ4n) is 2.87. The summed E-state index contributed by atoms with van der Waals surface area (Å²) in [5.41, 5.74) is 4.47. The number of alkyl halides is 1. The van der Waals surface area contributed by atoms with Crippen LogP contribution in [-0.2, 0) is 22.6 Å². The van der Waals surface area contributed by atoms with E-state index in [4.69, 9.17) is 21.1 Å². The molecule has 0 aliphatic carbocycles. The minimum Gasteiger partial charge on any atom is -0.489 e. The van der Waals surface area contributed by atoms with E-state index in [0.717, 1.165) is 22.6 Å². The van der Waals surface area contributed by atoms with Crippen LogP contribution in [0.5, 0.6) is 5.75 Å². The first-order valence-corrected chi connectivity index (χ1v) is 9.39. The molecule has 5 heteroatoms. The molecule has 2 aromatic rings. The predicted molar refractivity (Wildman–Crippen MR) is 98.0 cm³/mol. The second kappa shape index (κ2) is 7.95. The molecule has 1 atom stereocenters. The predicted octanol–water partition coefficient (Wildman–Crippen LogP) is 4.36. The van der Waals surface area contributed by atoms with Crippen LogP contribution in [0.25, 0.3) is 0 Å². The van der Waals surface area contributed by atoms with Crippen LogP contribution < -0.4 is 4.74 Å². The smallest absolute Gasteiger partial charge is 0.309 e. The highest BCUT2D eigenvalue weighted by molar-refractivity contribution is 7.99. The number of benzene rings is 2. The number of carbonyl (C=O) groups is 1. The van der Waals surface area contributed by atoms with Crippen LogP contribution in [0.2, 0.25) is 0 Å². The van der Waals surface area contributed by atoms with Crippen molar-refractivity contribution in [1.29, 1.82) is 0 Å². The highest BCUT2D eigenvalue weighted by Gasteiger charge is 2.25. The molecule has 1 aliphatic rings. The molecule has 2 aromatic carbocycles. The number of hydrogen-bond acceptors (Lipinski definition) is 4. The number of methoxy groups -OCH3 is 1. The molecule has 0 bridgehead atoms. The van der Waals surface area contributed by atoms with E-state index < -0.39 is 0 Å². The van der Waals surface area contributed by atoms with E-state index in [9.17, 15) is 4.79 Å². The Morgan fingerprint density at radius 2 is 2.12 bits per heavy atom. The minimum absolute atomic E-state index is 0.148. The van der Waals surface area contributed by atoms with Gasteiger partial charge >= 0.3 is 5.97 Å². The first-order valence-electron chi connectivity index (χ1n) is 7.80. The molecule has 0 radical (unpaired) electrons. The minimum atomic E-state index is -0.241. The van der Waals surface area contributed by atoms with Crippen molar-refractivity contribution in [1.82, 2.24) is 0 Å². The van der Waals surface area contributed by atoms with E-state index in [1.807, 2.05) is 18.2 Å². The second-order valence-electron chi connectivity index (χ2n) is 5.55. The number of fused-ring (bicyclic) bond motifs is 2. The zero-order valence-electron chi connectivity index (χ0n) is 13.5. The second-order valence-corrected chi connectivity index (χ2v) is 7.14. The molecule has 0 amide bonds. The third-order valence-corrected chi connectivity index (χ3v) is 5.71. The molecular weight excluding hydrogens is 344 g/mol. The summed E-state index contributed by atoms with van der Waals surface area (Å²) in [5, 5.41) is 0.148. The summed E-state index contributed by atoms with van der Waals surface area (Å²) in [5.74, 6) is 2.07. The number of ether oxygens (including phenoxy) is 2. The lowest BCUT2D eigenvalue weighted by molar-refractivity contribution is -0.139.